The number of carbonyl (C=O) groups excluding carboxylic acids is 1. The van der Waals surface area contributed by atoms with Gasteiger partial charge in [0.2, 0.25) is 0 Å². The Bertz CT molecular complexity index is 816. The number of carbonyl (C=O) groups is 1. The zero-order chi connectivity index (χ0) is 20.2. The molecule has 0 atom stereocenters. The molecule has 0 fully saturated rings. The van der Waals surface area contributed by atoms with E-state index in [1.54, 1.807) is 26.0 Å². The molecule has 1 heterocycles. The Morgan fingerprint density at radius 3 is 2.39 bits per heavy atom. The van der Waals surface area contributed by atoms with Gasteiger partial charge in [-0.2, -0.15) is 0 Å². The van der Waals surface area contributed by atoms with Crippen molar-refractivity contribution in [1.82, 2.24) is 0 Å². The fourth-order valence-electron chi connectivity index (χ4n) is 2.09. The average Bonchev–Trinajstić information content (AvgIpc) is 3.21. The van der Waals surface area contributed by atoms with Crippen molar-refractivity contribution in [1.29, 1.82) is 0 Å². The lowest BCUT2D eigenvalue weighted by Gasteiger charge is -2.17. The highest BCUT2D eigenvalue weighted by Gasteiger charge is 2.29. The average molecular weight is 406 g/mol. The fraction of sp³-hybridized carbons (Fsp3) is 0.250. The first kappa shape index (κ1) is 21.7. The molecule has 0 saturated carbocycles. The van der Waals surface area contributed by atoms with E-state index in [0.29, 0.717) is 5.76 Å². The number of hydrogen-bond acceptors (Lipinski definition) is 7. The molecule has 0 unspecified atom stereocenters. The highest BCUT2D eigenvalue weighted by molar-refractivity contribution is 7.48. The maximum Gasteiger partial charge on any atom is 0.530 e. The van der Waals surface area contributed by atoms with Crippen LogP contribution in [0.1, 0.15) is 25.2 Å². The van der Waals surface area contributed by atoms with Crippen LogP contribution in [0.4, 0.5) is 0 Å². The summed E-state index contributed by atoms with van der Waals surface area (Å²) in [6, 6.07) is 12.6. The number of phosphoric ester groups is 1. The molecule has 0 amide bonds. The molecule has 8 heteroatoms. The molecule has 7 nitrogen and oxygen atoms in total. The second kappa shape index (κ2) is 11.3. The lowest BCUT2D eigenvalue weighted by atomic mass is 10.2. The number of esters is 1. The van der Waals surface area contributed by atoms with Crippen LogP contribution >= 0.6 is 7.82 Å². The molecular weight excluding hydrogens is 383 g/mol. The van der Waals surface area contributed by atoms with E-state index in [9.17, 15) is 9.36 Å². The van der Waals surface area contributed by atoms with Crippen molar-refractivity contribution in [3.63, 3.8) is 0 Å². The SMILES string of the molecule is CCOP(=O)(OCC)O/C(=C\C=C\C(=O)OCc1ccccc1)c1ccco1. The quantitative estimate of drug-likeness (QED) is 0.168. The highest BCUT2D eigenvalue weighted by atomic mass is 31.2. The number of ether oxygens (including phenoxy) is 1. The number of phosphoric acid groups is 1. The minimum atomic E-state index is -3.81. The van der Waals surface area contributed by atoms with Crippen molar-refractivity contribution in [2.45, 2.75) is 20.5 Å². The van der Waals surface area contributed by atoms with Gasteiger partial charge in [-0.3, -0.25) is 9.05 Å². The molecule has 0 aliphatic rings. The smallest absolute Gasteiger partial charge is 0.461 e. The van der Waals surface area contributed by atoms with E-state index in [1.807, 2.05) is 30.3 Å². The van der Waals surface area contributed by atoms with Crippen LogP contribution in [0.2, 0.25) is 0 Å². The van der Waals surface area contributed by atoms with Crippen LogP contribution in [-0.2, 0) is 34.3 Å². The third-order valence-electron chi connectivity index (χ3n) is 3.25. The molecule has 0 aliphatic heterocycles. The lowest BCUT2D eigenvalue weighted by molar-refractivity contribution is -0.139. The molecule has 0 aliphatic carbocycles. The second-order valence-corrected chi connectivity index (χ2v) is 6.93. The largest absolute Gasteiger partial charge is 0.530 e. The predicted molar refractivity (Wildman–Crippen MR) is 104 cm³/mol. The van der Waals surface area contributed by atoms with Crippen LogP contribution in [0, 0.1) is 0 Å². The Labute approximate surface area is 164 Å². The van der Waals surface area contributed by atoms with Crippen molar-refractivity contribution in [2.24, 2.45) is 0 Å². The van der Waals surface area contributed by atoms with Crippen LogP contribution < -0.4 is 0 Å². The van der Waals surface area contributed by atoms with Crippen molar-refractivity contribution < 1.29 is 32.1 Å². The van der Waals surface area contributed by atoms with Crippen LogP contribution in [0.5, 0.6) is 0 Å². The van der Waals surface area contributed by atoms with Crippen LogP contribution in [0.25, 0.3) is 5.76 Å². The van der Waals surface area contributed by atoms with Crippen molar-refractivity contribution in [3.05, 3.63) is 78.3 Å². The van der Waals surface area contributed by atoms with Gasteiger partial charge < -0.3 is 13.7 Å². The lowest BCUT2D eigenvalue weighted by Crippen LogP contribution is -2.01. The van der Waals surface area contributed by atoms with Crippen LogP contribution in [-0.4, -0.2) is 19.2 Å². The van der Waals surface area contributed by atoms with E-state index in [2.05, 4.69) is 0 Å². The van der Waals surface area contributed by atoms with Gasteiger partial charge in [0.25, 0.3) is 0 Å². The minimum absolute atomic E-state index is 0.0994. The zero-order valence-electron chi connectivity index (χ0n) is 15.8. The summed E-state index contributed by atoms with van der Waals surface area (Å²) in [7, 11) is -3.81. The Balaban J connectivity index is 2.06. The summed E-state index contributed by atoms with van der Waals surface area (Å²) in [5, 5.41) is 0. The Kier molecular flexibility index (Phi) is 8.75. The molecule has 0 saturated heterocycles. The highest BCUT2D eigenvalue weighted by Crippen LogP contribution is 2.52. The van der Waals surface area contributed by atoms with E-state index in [1.165, 1.54) is 24.5 Å². The maximum atomic E-state index is 12.6. The number of furan rings is 1. The topological polar surface area (TPSA) is 84.2 Å². The predicted octanol–water partition coefficient (Wildman–Crippen LogP) is 5.12. The van der Waals surface area contributed by atoms with Gasteiger partial charge >= 0.3 is 13.8 Å². The summed E-state index contributed by atoms with van der Waals surface area (Å²) >= 11 is 0. The number of hydrogen-bond donors (Lipinski definition) is 0. The van der Waals surface area contributed by atoms with E-state index >= 15 is 0 Å². The summed E-state index contributed by atoms with van der Waals surface area (Å²) < 4.78 is 38.8. The van der Waals surface area contributed by atoms with Gasteiger partial charge in [-0.15, -0.1) is 0 Å². The van der Waals surface area contributed by atoms with Crippen molar-refractivity contribution >= 4 is 19.6 Å². The van der Waals surface area contributed by atoms with Gasteiger partial charge in [0.15, 0.2) is 11.5 Å². The summed E-state index contributed by atoms with van der Waals surface area (Å²) in [5.41, 5.74) is 0.883. The number of allylic oxidation sites excluding steroid dienone is 2. The van der Waals surface area contributed by atoms with Gasteiger partial charge in [-0.05, 0) is 37.6 Å². The van der Waals surface area contributed by atoms with Crippen molar-refractivity contribution in [3.8, 4) is 0 Å². The van der Waals surface area contributed by atoms with Gasteiger partial charge in [0.05, 0.1) is 19.5 Å². The van der Waals surface area contributed by atoms with Crippen LogP contribution in [0.15, 0.2) is 71.4 Å². The monoisotopic (exact) mass is 406 g/mol. The zero-order valence-corrected chi connectivity index (χ0v) is 16.7. The summed E-state index contributed by atoms with van der Waals surface area (Å²) in [5.74, 6) is -0.124. The maximum absolute atomic E-state index is 12.6. The first-order chi connectivity index (χ1) is 13.6. The normalized spacial score (nSPS) is 12.3. The molecule has 150 valence electrons. The fourth-order valence-corrected chi connectivity index (χ4v) is 3.30. The van der Waals surface area contributed by atoms with Gasteiger partial charge in [-0.1, -0.05) is 36.4 Å². The minimum Gasteiger partial charge on any atom is -0.461 e. The van der Waals surface area contributed by atoms with E-state index in [-0.39, 0.29) is 25.6 Å². The molecular formula is C20H23O7P. The van der Waals surface area contributed by atoms with Crippen molar-refractivity contribution in [2.75, 3.05) is 13.2 Å². The third kappa shape index (κ3) is 7.19. The molecule has 0 spiro atoms. The standard InChI is InChI=1S/C20H23O7P/c1-3-25-28(22,26-4-2)27-19(18-13-9-15-23-18)12-8-14-20(21)24-16-17-10-6-5-7-11-17/h5-15H,3-4,16H2,1-2H3/b14-8+,19-12-. The van der Waals surface area contributed by atoms with E-state index in [0.717, 1.165) is 5.56 Å². The molecule has 1 aromatic heterocycles. The molecule has 2 rings (SSSR count). The molecule has 0 bridgehead atoms. The Hall–Kier alpha value is -2.60. The van der Waals surface area contributed by atoms with E-state index < -0.39 is 13.8 Å². The molecule has 28 heavy (non-hydrogen) atoms. The second-order valence-electron chi connectivity index (χ2n) is 5.33. The van der Waals surface area contributed by atoms with E-state index in [4.69, 9.17) is 22.7 Å². The molecule has 2 aromatic rings. The van der Waals surface area contributed by atoms with Gasteiger partial charge in [0, 0.05) is 6.08 Å². The van der Waals surface area contributed by atoms with Gasteiger partial charge in [0.1, 0.15) is 6.61 Å². The number of benzene rings is 1. The first-order valence-corrected chi connectivity index (χ1v) is 10.2. The third-order valence-corrected chi connectivity index (χ3v) is 4.82. The Morgan fingerprint density at radius 1 is 1.07 bits per heavy atom. The Morgan fingerprint density at radius 2 is 1.79 bits per heavy atom. The summed E-state index contributed by atoms with van der Waals surface area (Å²) in [6.07, 6.45) is 5.50. The molecule has 0 N–H and O–H groups in total. The number of rotatable bonds is 11. The summed E-state index contributed by atoms with van der Waals surface area (Å²) in [6.45, 7) is 3.80. The molecule has 1 aromatic carbocycles. The first-order valence-electron chi connectivity index (χ1n) is 8.78. The van der Waals surface area contributed by atoms with Gasteiger partial charge in [-0.25, -0.2) is 9.36 Å². The summed E-state index contributed by atoms with van der Waals surface area (Å²) in [4.78, 5) is 11.9. The molecule has 0 radical (unpaired) electrons. The van der Waals surface area contributed by atoms with Crippen LogP contribution in [0.3, 0.4) is 0 Å².